The molecule has 9 nitrogen and oxygen atoms in total. The quantitative estimate of drug-likeness (QED) is 0.418. The van der Waals surface area contributed by atoms with Crippen molar-refractivity contribution in [2.45, 2.75) is 32.8 Å². The van der Waals surface area contributed by atoms with Crippen molar-refractivity contribution in [3.63, 3.8) is 0 Å². The van der Waals surface area contributed by atoms with Gasteiger partial charge in [0.1, 0.15) is 11.4 Å². The number of halogens is 1. The molecule has 0 bridgehead atoms. The Hall–Kier alpha value is -3.60. The van der Waals surface area contributed by atoms with Crippen molar-refractivity contribution in [3.05, 3.63) is 69.6 Å². The number of anilines is 1. The first-order chi connectivity index (χ1) is 20.1. The molecule has 0 unspecified atom stereocenters. The number of aliphatic hydroxyl groups is 1. The third kappa shape index (κ3) is 6.40. The lowest BCUT2D eigenvalue weighted by molar-refractivity contribution is 0.0141. The van der Waals surface area contributed by atoms with Gasteiger partial charge in [-0.2, -0.15) is 0 Å². The second-order valence-corrected chi connectivity index (χ2v) is 12.6. The number of para-hydroxylation sites is 1. The maximum Gasteiger partial charge on any atom is 0.410 e. The van der Waals surface area contributed by atoms with Gasteiger partial charge < -0.3 is 29.3 Å². The van der Waals surface area contributed by atoms with Crippen molar-refractivity contribution in [2.75, 3.05) is 50.8 Å². The van der Waals surface area contributed by atoms with Crippen LogP contribution in [-0.4, -0.2) is 84.4 Å². The molecule has 0 atom stereocenters. The van der Waals surface area contributed by atoms with Crippen LogP contribution >= 0.6 is 22.9 Å². The molecule has 0 aliphatic carbocycles. The van der Waals surface area contributed by atoms with Gasteiger partial charge in [0.25, 0.3) is 11.8 Å². The normalized spacial score (nSPS) is 14.8. The SMILES string of the molecule is CC(C)(C)OC(=O)N1CCN(C(=O)c2ccc(N(CCO)C(=O)c3cc4c(s3)-c3ccccc3OCC4)c(Cl)c2)CC1. The molecule has 2 aromatic carbocycles. The van der Waals surface area contributed by atoms with Crippen molar-refractivity contribution in [3.8, 4) is 16.2 Å². The first-order valence-corrected chi connectivity index (χ1v) is 15.1. The molecule has 0 saturated carbocycles. The highest BCUT2D eigenvalue weighted by molar-refractivity contribution is 7.17. The van der Waals surface area contributed by atoms with Crippen LogP contribution in [0.15, 0.2) is 48.5 Å². The van der Waals surface area contributed by atoms with Gasteiger partial charge in [0, 0.05) is 55.1 Å². The molecular formula is C31H34ClN3O6S. The highest BCUT2D eigenvalue weighted by Gasteiger charge is 2.30. The van der Waals surface area contributed by atoms with Gasteiger partial charge in [0.05, 0.1) is 28.8 Å². The van der Waals surface area contributed by atoms with E-state index < -0.39 is 11.7 Å². The van der Waals surface area contributed by atoms with E-state index in [1.165, 1.54) is 16.2 Å². The van der Waals surface area contributed by atoms with Crippen LogP contribution in [0.2, 0.25) is 5.02 Å². The van der Waals surface area contributed by atoms with E-state index in [4.69, 9.17) is 21.1 Å². The Morgan fingerprint density at radius 1 is 1.05 bits per heavy atom. The van der Waals surface area contributed by atoms with Crippen molar-refractivity contribution in [1.82, 2.24) is 9.80 Å². The summed E-state index contributed by atoms with van der Waals surface area (Å²) in [6.07, 6.45) is 0.285. The van der Waals surface area contributed by atoms with Gasteiger partial charge in [-0.15, -0.1) is 11.3 Å². The van der Waals surface area contributed by atoms with Crippen molar-refractivity contribution in [1.29, 1.82) is 0 Å². The van der Waals surface area contributed by atoms with E-state index in [1.807, 2.05) is 51.1 Å². The number of carbonyl (C=O) groups is 3. The summed E-state index contributed by atoms with van der Waals surface area (Å²) in [5.41, 5.74) is 2.20. The fourth-order valence-electron chi connectivity index (χ4n) is 5.02. The Morgan fingerprint density at radius 2 is 1.76 bits per heavy atom. The molecule has 0 spiro atoms. The number of hydrogen-bond acceptors (Lipinski definition) is 7. The van der Waals surface area contributed by atoms with Crippen LogP contribution < -0.4 is 9.64 Å². The van der Waals surface area contributed by atoms with Crippen LogP contribution in [0.5, 0.6) is 5.75 Å². The summed E-state index contributed by atoms with van der Waals surface area (Å²) in [5.74, 6) is 0.300. The third-order valence-electron chi connectivity index (χ3n) is 7.05. The largest absolute Gasteiger partial charge is 0.493 e. The Balaban J connectivity index is 1.31. The molecule has 11 heteroatoms. The van der Waals surface area contributed by atoms with E-state index in [0.717, 1.165) is 21.8 Å². The minimum atomic E-state index is -0.587. The molecule has 42 heavy (non-hydrogen) atoms. The van der Waals surface area contributed by atoms with Crippen molar-refractivity contribution < 1.29 is 29.0 Å². The lowest BCUT2D eigenvalue weighted by atomic mass is 10.1. The second kappa shape index (κ2) is 12.3. The van der Waals surface area contributed by atoms with Crippen LogP contribution in [-0.2, 0) is 11.2 Å². The zero-order chi connectivity index (χ0) is 30.0. The summed E-state index contributed by atoms with van der Waals surface area (Å²) in [6, 6.07) is 14.5. The molecule has 0 radical (unpaired) electrons. The molecule has 1 aromatic heterocycles. The smallest absolute Gasteiger partial charge is 0.410 e. The van der Waals surface area contributed by atoms with Crippen LogP contribution in [0.25, 0.3) is 10.4 Å². The first-order valence-electron chi connectivity index (χ1n) is 13.9. The van der Waals surface area contributed by atoms with E-state index in [2.05, 4.69) is 0 Å². The fourth-order valence-corrected chi connectivity index (χ4v) is 6.50. The standard InChI is InChI=1S/C31H34ClN3O6S/c1-31(2,3)41-30(39)34-13-11-33(12-14-34)28(37)21-8-9-24(23(32)18-21)35(15-16-36)29(38)26-19-20-10-17-40-25-7-5-4-6-22(25)27(20)42-26/h4-9,18-19,36H,10-17H2,1-3H3. The molecule has 2 aliphatic heterocycles. The summed E-state index contributed by atoms with van der Waals surface area (Å²) < 4.78 is 11.3. The van der Waals surface area contributed by atoms with Crippen molar-refractivity contribution in [2.24, 2.45) is 0 Å². The highest BCUT2D eigenvalue weighted by Crippen LogP contribution is 2.41. The van der Waals surface area contributed by atoms with E-state index in [1.54, 1.807) is 28.0 Å². The molecule has 3 heterocycles. The van der Waals surface area contributed by atoms with E-state index >= 15 is 0 Å². The van der Waals surface area contributed by atoms with Crippen LogP contribution in [0.4, 0.5) is 10.5 Å². The molecule has 1 N–H and O–H groups in total. The van der Waals surface area contributed by atoms with Gasteiger partial charge in [-0.05, 0) is 62.7 Å². The van der Waals surface area contributed by atoms with E-state index in [-0.39, 0.29) is 30.0 Å². The average Bonchev–Trinajstić information content (AvgIpc) is 3.31. The Bertz CT molecular complexity index is 1490. The number of fused-ring (bicyclic) bond motifs is 3. The molecule has 3 aromatic rings. The van der Waals surface area contributed by atoms with Crippen LogP contribution in [0.3, 0.4) is 0 Å². The number of rotatable bonds is 5. The number of aliphatic hydroxyl groups excluding tert-OH is 1. The monoisotopic (exact) mass is 611 g/mol. The zero-order valence-corrected chi connectivity index (χ0v) is 25.5. The van der Waals surface area contributed by atoms with Gasteiger partial charge >= 0.3 is 6.09 Å². The zero-order valence-electron chi connectivity index (χ0n) is 23.9. The van der Waals surface area contributed by atoms with Gasteiger partial charge in [-0.3, -0.25) is 9.59 Å². The summed E-state index contributed by atoms with van der Waals surface area (Å²) in [7, 11) is 0. The van der Waals surface area contributed by atoms with Crippen LogP contribution in [0.1, 0.15) is 46.4 Å². The maximum absolute atomic E-state index is 13.8. The molecule has 2 aliphatic rings. The number of thiophene rings is 1. The van der Waals surface area contributed by atoms with E-state index in [0.29, 0.717) is 55.3 Å². The Kier molecular flexibility index (Phi) is 8.77. The molecule has 1 fully saturated rings. The van der Waals surface area contributed by atoms with Crippen LogP contribution in [0, 0.1) is 0 Å². The number of amides is 3. The predicted octanol–water partition coefficient (Wildman–Crippen LogP) is 5.34. The number of piperazine rings is 1. The molecule has 1 saturated heterocycles. The molecular weight excluding hydrogens is 578 g/mol. The summed E-state index contributed by atoms with van der Waals surface area (Å²) in [6.45, 7) is 7.22. The highest BCUT2D eigenvalue weighted by atomic mass is 35.5. The van der Waals surface area contributed by atoms with Gasteiger partial charge in [0.15, 0.2) is 0 Å². The van der Waals surface area contributed by atoms with Crippen molar-refractivity contribution >= 4 is 46.5 Å². The lowest BCUT2D eigenvalue weighted by Crippen LogP contribution is -2.51. The minimum Gasteiger partial charge on any atom is -0.493 e. The number of benzene rings is 2. The Labute approximate surface area is 254 Å². The van der Waals surface area contributed by atoms with Gasteiger partial charge in [-0.25, -0.2) is 4.79 Å². The first kappa shape index (κ1) is 29.9. The maximum atomic E-state index is 13.8. The second-order valence-electron chi connectivity index (χ2n) is 11.2. The number of ether oxygens (including phenoxy) is 2. The molecule has 3 amide bonds. The number of carbonyl (C=O) groups excluding carboxylic acids is 3. The van der Waals surface area contributed by atoms with E-state index in [9.17, 15) is 19.5 Å². The average molecular weight is 612 g/mol. The summed E-state index contributed by atoms with van der Waals surface area (Å²) >= 11 is 8.05. The van der Waals surface area contributed by atoms with Gasteiger partial charge in [-0.1, -0.05) is 23.7 Å². The molecule has 5 rings (SSSR count). The predicted molar refractivity (Wildman–Crippen MR) is 163 cm³/mol. The summed E-state index contributed by atoms with van der Waals surface area (Å²) in [5, 5.41) is 10.0. The lowest BCUT2D eigenvalue weighted by Gasteiger charge is -2.35. The summed E-state index contributed by atoms with van der Waals surface area (Å²) in [4.78, 5) is 45.6. The van der Waals surface area contributed by atoms with Gasteiger partial charge in [0.2, 0.25) is 0 Å². The number of hydrogen-bond donors (Lipinski definition) is 1. The third-order valence-corrected chi connectivity index (χ3v) is 8.55. The minimum absolute atomic E-state index is 0.0424. The fraction of sp³-hybridized carbons (Fsp3) is 0.387. The Morgan fingerprint density at radius 3 is 2.45 bits per heavy atom. The number of nitrogens with zero attached hydrogens (tertiary/aromatic N) is 3. The topological polar surface area (TPSA) is 99.6 Å². The molecule has 222 valence electrons.